The number of benzene rings is 1. The van der Waals surface area contributed by atoms with Crippen LogP contribution in [0.5, 0.6) is 0 Å². The summed E-state index contributed by atoms with van der Waals surface area (Å²) < 4.78 is 0.752. The minimum atomic E-state index is -0.127. The van der Waals surface area contributed by atoms with Crippen LogP contribution in [0.25, 0.3) is 11.3 Å². The molecule has 0 radical (unpaired) electrons. The minimum Gasteiger partial charge on any atom is -0.383 e. The van der Waals surface area contributed by atoms with E-state index in [1.54, 1.807) is 0 Å². The van der Waals surface area contributed by atoms with Gasteiger partial charge in [0, 0.05) is 11.0 Å². The van der Waals surface area contributed by atoms with Crippen molar-refractivity contribution in [2.24, 2.45) is 0 Å². The topological polar surface area (TPSA) is 51.8 Å². The lowest BCUT2D eigenvalue weighted by molar-refractivity contribution is 0.546. The Bertz CT molecular complexity index is 559. The highest BCUT2D eigenvalue weighted by atomic mass is 79.9. The summed E-state index contributed by atoms with van der Waals surface area (Å²) in [5.41, 5.74) is 7.70. The molecule has 0 saturated heterocycles. The van der Waals surface area contributed by atoms with Gasteiger partial charge in [0.15, 0.2) is 0 Å². The van der Waals surface area contributed by atoms with E-state index in [0.29, 0.717) is 5.82 Å². The molecule has 4 heteroatoms. The van der Waals surface area contributed by atoms with Gasteiger partial charge in [-0.2, -0.15) is 0 Å². The van der Waals surface area contributed by atoms with E-state index in [-0.39, 0.29) is 5.41 Å². The van der Waals surface area contributed by atoms with Crippen LogP contribution in [0.1, 0.15) is 26.6 Å². The molecule has 2 N–H and O–H groups in total. The Labute approximate surface area is 116 Å². The van der Waals surface area contributed by atoms with Gasteiger partial charge in [-0.15, -0.1) is 0 Å². The lowest BCUT2D eigenvalue weighted by Gasteiger charge is -2.18. The van der Waals surface area contributed by atoms with Crippen LogP contribution < -0.4 is 5.73 Å². The standard InChI is InChI=1S/C14H16BrN3/c1-14(2,3)13-17-11(10(15)12(16)18-13)9-7-5-4-6-8-9/h4-8H,1-3H3,(H2,16,17,18). The Kier molecular flexibility index (Phi) is 3.39. The minimum absolute atomic E-state index is 0.127. The van der Waals surface area contributed by atoms with Crippen molar-refractivity contribution in [1.82, 2.24) is 9.97 Å². The van der Waals surface area contributed by atoms with E-state index in [9.17, 15) is 0 Å². The second-order valence-corrected chi connectivity index (χ2v) is 6.00. The monoisotopic (exact) mass is 305 g/mol. The van der Waals surface area contributed by atoms with Gasteiger partial charge < -0.3 is 5.73 Å². The normalized spacial score (nSPS) is 11.6. The van der Waals surface area contributed by atoms with E-state index in [0.717, 1.165) is 21.6 Å². The van der Waals surface area contributed by atoms with Gasteiger partial charge in [-0.3, -0.25) is 0 Å². The molecule has 0 unspecified atom stereocenters. The SMILES string of the molecule is CC(C)(C)c1nc(N)c(Br)c(-c2ccccc2)n1. The van der Waals surface area contributed by atoms with E-state index in [1.807, 2.05) is 30.3 Å². The van der Waals surface area contributed by atoms with Crippen LogP contribution in [-0.4, -0.2) is 9.97 Å². The molecular formula is C14H16BrN3. The van der Waals surface area contributed by atoms with E-state index in [4.69, 9.17) is 5.73 Å². The summed E-state index contributed by atoms with van der Waals surface area (Å²) in [4.78, 5) is 8.99. The van der Waals surface area contributed by atoms with Crippen molar-refractivity contribution in [3.05, 3.63) is 40.6 Å². The maximum atomic E-state index is 5.96. The number of nitrogens with two attached hydrogens (primary N) is 1. The summed E-state index contributed by atoms with van der Waals surface area (Å²) >= 11 is 3.47. The summed E-state index contributed by atoms with van der Waals surface area (Å²) in [5, 5.41) is 0. The second-order valence-electron chi connectivity index (χ2n) is 5.21. The quantitative estimate of drug-likeness (QED) is 0.872. The van der Waals surface area contributed by atoms with Crippen molar-refractivity contribution in [2.75, 3.05) is 5.73 Å². The fraction of sp³-hybridized carbons (Fsp3) is 0.286. The molecule has 0 aliphatic heterocycles. The number of anilines is 1. The largest absolute Gasteiger partial charge is 0.383 e. The van der Waals surface area contributed by atoms with Gasteiger partial charge in [-0.05, 0) is 15.9 Å². The second kappa shape index (κ2) is 4.69. The average Bonchev–Trinajstić information content (AvgIpc) is 2.32. The molecule has 0 bridgehead atoms. The smallest absolute Gasteiger partial charge is 0.142 e. The molecule has 1 heterocycles. The Balaban J connectivity index is 2.64. The summed E-state index contributed by atoms with van der Waals surface area (Å²) in [6.07, 6.45) is 0. The first-order chi connectivity index (χ1) is 8.39. The van der Waals surface area contributed by atoms with Crippen LogP contribution in [0.15, 0.2) is 34.8 Å². The number of nitrogen functional groups attached to an aromatic ring is 1. The number of nitrogens with zero attached hydrogens (tertiary/aromatic N) is 2. The van der Waals surface area contributed by atoms with Crippen molar-refractivity contribution in [3.8, 4) is 11.3 Å². The van der Waals surface area contributed by atoms with Crippen molar-refractivity contribution in [3.63, 3.8) is 0 Å². The Morgan fingerprint density at radius 1 is 1.06 bits per heavy atom. The predicted molar refractivity (Wildman–Crippen MR) is 78.3 cm³/mol. The highest BCUT2D eigenvalue weighted by Gasteiger charge is 2.21. The van der Waals surface area contributed by atoms with Crippen LogP contribution in [0, 0.1) is 0 Å². The third-order valence-corrected chi connectivity index (χ3v) is 3.38. The number of rotatable bonds is 1. The molecule has 0 fully saturated rings. The molecule has 94 valence electrons. The molecule has 0 atom stereocenters. The Hall–Kier alpha value is -1.42. The number of hydrogen-bond acceptors (Lipinski definition) is 3. The van der Waals surface area contributed by atoms with Crippen molar-refractivity contribution in [1.29, 1.82) is 0 Å². The van der Waals surface area contributed by atoms with E-state index < -0.39 is 0 Å². The first-order valence-corrected chi connectivity index (χ1v) is 6.58. The van der Waals surface area contributed by atoms with Gasteiger partial charge in [0.2, 0.25) is 0 Å². The molecule has 18 heavy (non-hydrogen) atoms. The van der Waals surface area contributed by atoms with Gasteiger partial charge in [0.05, 0.1) is 10.2 Å². The molecule has 1 aromatic heterocycles. The molecular weight excluding hydrogens is 290 g/mol. The van der Waals surface area contributed by atoms with Gasteiger partial charge >= 0.3 is 0 Å². The van der Waals surface area contributed by atoms with Crippen LogP contribution in [-0.2, 0) is 5.41 Å². The Morgan fingerprint density at radius 2 is 1.67 bits per heavy atom. The zero-order valence-electron chi connectivity index (χ0n) is 10.7. The van der Waals surface area contributed by atoms with Crippen LogP contribution >= 0.6 is 15.9 Å². The summed E-state index contributed by atoms with van der Waals surface area (Å²) in [6.45, 7) is 6.22. The first-order valence-electron chi connectivity index (χ1n) is 5.78. The molecule has 0 aliphatic carbocycles. The van der Waals surface area contributed by atoms with Gasteiger partial charge in [-0.1, -0.05) is 51.1 Å². The molecule has 0 amide bonds. The third-order valence-electron chi connectivity index (χ3n) is 2.59. The van der Waals surface area contributed by atoms with E-state index in [1.165, 1.54) is 0 Å². The van der Waals surface area contributed by atoms with Crippen molar-refractivity contribution >= 4 is 21.7 Å². The lowest BCUT2D eigenvalue weighted by Crippen LogP contribution is -2.17. The summed E-state index contributed by atoms with van der Waals surface area (Å²) in [7, 11) is 0. The predicted octanol–water partition coefficient (Wildman–Crippen LogP) is 3.79. The molecule has 0 saturated carbocycles. The fourth-order valence-electron chi connectivity index (χ4n) is 1.59. The molecule has 2 rings (SSSR count). The number of aromatic nitrogens is 2. The first kappa shape index (κ1) is 13.0. The lowest BCUT2D eigenvalue weighted by atomic mass is 9.95. The zero-order valence-corrected chi connectivity index (χ0v) is 12.3. The van der Waals surface area contributed by atoms with E-state index in [2.05, 4.69) is 46.7 Å². The van der Waals surface area contributed by atoms with E-state index >= 15 is 0 Å². The molecule has 0 aliphatic rings. The molecule has 3 nitrogen and oxygen atoms in total. The summed E-state index contributed by atoms with van der Waals surface area (Å²) in [6, 6.07) is 9.97. The third kappa shape index (κ3) is 2.53. The number of hydrogen-bond donors (Lipinski definition) is 1. The fourth-order valence-corrected chi connectivity index (χ4v) is 1.99. The average molecular weight is 306 g/mol. The van der Waals surface area contributed by atoms with Gasteiger partial charge in [0.25, 0.3) is 0 Å². The molecule has 0 spiro atoms. The molecule has 2 aromatic rings. The van der Waals surface area contributed by atoms with Gasteiger partial charge in [-0.25, -0.2) is 9.97 Å². The van der Waals surface area contributed by atoms with Gasteiger partial charge in [0.1, 0.15) is 11.6 Å². The highest BCUT2D eigenvalue weighted by Crippen LogP contribution is 2.32. The number of halogens is 1. The van der Waals surface area contributed by atoms with Crippen LogP contribution in [0.3, 0.4) is 0 Å². The molecule has 1 aromatic carbocycles. The maximum absolute atomic E-state index is 5.96. The van der Waals surface area contributed by atoms with Crippen LogP contribution in [0.2, 0.25) is 0 Å². The summed E-state index contributed by atoms with van der Waals surface area (Å²) in [5.74, 6) is 1.23. The van der Waals surface area contributed by atoms with Crippen molar-refractivity contribution < 1.29 is 0 Å². The highest BCUT2D eigenvalue weighted by molar-refractivity contribution is 9.10. The van der Waals surface area contributed by atoms with Crippen molar-refractivity contribution in [2.45, 2.75) is 26.2 Å². The maximum Gasteiger partial charge on any atom is 0.142 e. The van der Waals surface area contributed by atoms with Crippen LogP contribution in [0.4, 0.5) is 5.82 Å². The Morgan fingerprint density at radius 3 is 2.22 bits per heavy atom. The zero-order chi connectivity index (χ0) is 13.3.